The van der Waals surface area contributed by atoms with Crippen LogP contribution in [0.4, 0.5) is 5.69 Å². The van der Waals surface area contributed by atoms with E-state index in [1.165, 1.54) is 17.7 Å². The molecular weight excluding hydrogens is 194 g/mol. The molecule has 0 fully saturated rings. The standard InChI is InChI=1S/C10H15N.C3H8.C2H6/c1-3-9-7-5-6-8-10(9)11-4-2;1-3-2;1-2/h5-8,11H,3-4H2,1-2H3;3H2,1-2H3;1-2H3. The monoisotopic (exact) mass is 223 g/mol. The van der Waals surface area contributed by atoms with Gasteiger partial charge in [0.25, 0.3) is 0 Å². The summed E-state index contributed by atoms with van der Waals surface area (Å²) in [5, 5.41) is 3.33. The molecule has 94 valence electrons. The SMILES string of the molecule is CC.CCC.CCNc1ccccc1CC. The first kappa shape index (κ1) is 17.4. The molecule has 0 aliphatic heterocycles. The topological polar surface area (TPSA) is 12.0 Å². The van der Waals surface area contributed by atoms with Crippen LogP contribution in [0.5, 0.6) is 0 Å². The Morgan fingerprint density at radius 3 is 1.88 bits per heavy atom. The van der Waals surface area contributed by atoms with E-state index in [0.29, 0.717) is 0 Å². The average molecular weight is 223 g/mol. The number of para-hydroxylation sites is 1. The van der Waals surface area contributed by atoms with Gasteiger partial charge in [-0.15, -0.1) is 0 Å². The molecule has 0 spiro atoms. The van der Waals surface area contributed by atoms with Crippen molar-refractivity contribution in [2.75, 3.05) is 11.9 Å². The maximum atomic E-state index is 3.33. The molecule has 0 unspecified atom stereocenters. The molecule has 0 aliphatic carbocycles. The van der Waals surface area contributed by atoms with Crippen LogP contribution in [-0.2, 0) is 6.42 Å². The lowest BCUT2D eigenvalue weighted by Crippen LogP contribution is -1.99. The van der Waals surface area contributed by atoms with Gasteiger partial charge in [0, 0.05) is 12.2 Å². The van der Waals surface area contributed by atoms with Crippen molar-refractivity contribution < 1.29 is 0 Å². The van der Waals surface area contributed by atoms with E-state index in [1.54, 1.807) is 0 Å². The Labute approximate surface area is 102 Å². The lowest BCUT2D eigenvalue weighted by Gasteiger charge is -2.07. The Balaban J connectivity index is 0. The van der Waals surface area contributed by atoms with E-state index in [2.05, 4.69) is 57.3 Å². The number of aryl methyl sites for hydroxylation is 1. The summed E-state index contributed by atoms with van der Waals surface area (Å²) in [7, 11) is 0. The van der Waals surface area contributed by atoms with Gasteiger partial charge in [-0.3, -0.25) is 0 Å². The Hall–Kier alpha value is -0.980. The molecule has 16 heavy (non-hydrogen) atoms. The van der Waals surface area contributed by atoms with E-state index in [0.717, 1.165) is 13.0 Å². The van der Waals surface area contributed by atoms with Crippen LogP contribution in [0.1, 0.15) is 53.5 Å². The van der Waals surface area contributed by atoms with Gasteiger partial charge in [0.05, 0.1) is 0 Å². The van der Waals surface area contributed by atoms with Crippen molar-refractivity contribution in [3.8, 4) is 0 Å². The second-order valence-corrected chi connectivity index (χ2v) is 3.25. The van der Waals surface area contributed by atoms with Crippen molar-refractivity contribution in [2.24, 2.45) is 0 Å². The first-order valence-corrected chi connectivity index (χ1v) is 6.61. The predicted molar refractivity (Wildman–Crippen MR) is 77.3 cm³/mol. The molecule has 0 amide bonds. The first-order valence-electron chi connectivity index (χ1n) is 6.61. The fourth-order valence-electron chi connectivity index (χ4n) is 1.19. The molecule has 0 saturated carbocycles. The highest BCUT2D eigenvalue weighted by Gasteiger charge is 1.95. The lowest BCUT2D eigenvalue weighted by molar-refractivity contribution is 1.09. The van der Waals surface area contributed by atoms with E-state index < -0.39 is 0 Å². The van der Waals surface area contributed by atoms with Crippen LogP contribution in [0.25, 0.3) is 0 Å². The molecular formula is C15H29N. The number of hydrogen-bond acceptors (Lipinski definition) is 1. The third-order valence-electron chi connectivity index (χ3n) is 1.77. The van der Waals surface area contributed by atoms with Crippen LogP contribution < -0.4 is 5.32 Å². The molecule has 0 heterocycles. The van der Waals surface area contributed by atoms with Gasteiger partial charge in [-0.2, -0.15) is 0 Å². The molecule has 0 saturated heterocycles. The smallest absolute Gasteiger partial charge is 0.0372 e. The quantitative estimate of drug-likeness (QED) is 0.749. The zero-order chi connectivity index (χ0) is 12.8. The second-order valence-electron chi connectivity index (χ2n) is 3.25. The molecule has 0 aromatic heterocycles. The van der Waals surface area contributed by atoms with E-state index >= 15 is 0 Å². The van der Waals surface area contributed by atoms with E-state index in [1.807, 2.05) is 13.8 Å². The van der Waals surface area contributed by atoms with Crippen LogP contribution >= 0.6 is 0 Å². The second kappa shape index (κ2) is 14.0. The van der Waals surface area contributed by atoms with Crippen molar-refractivity contribution in [1.29, 1.82) is 0 Å². The van der Waals surface area contributed by atoms with Gasteiger partial charge in [-0.1, -0.05) is 59.2 Å². The zero-order valence-electron chi connectivity index (χ0n) is 11.9. The predicted octanol–water partition coefficient (Wildman–Crippen LogP) is 5.12. The molecule has 1 N–H and O–H groups in total. The maximum absolute atomic E-state index is 3.33. The van der Waals surface area contributed by atoms with Crippen molar-refractivity contribution in [3.05, 3.63) is 29.8 Å². The van der Waals surface area contributed by atoms with Crippen molar-refractivity contribution in [3.63, 3.8) is 0 Å². The van der Waals surface area contributed by atoms with Crippen molar-refractivity contribution >= 4 is 5.69 Å². The summed E-state index contributed by atoms with van der Waals surface area (Å²) in [6, 6.07) is 8.44. The van der Waals surface area contributed by atoms with E-state index in [9.17, 15) is 0 Å². The molecule has 0 atom stereocenters. The number of rotatable bonds is 3. The summed E-state index contributed by atoms with van der Waals surface area (Å²) < 4.78 is 0. The van der Waals surface area contributed by atoms with Gasteiger partial charge in [0.2, 0.25) is 0 Å². The zero-order valence-corrected chi connectivity index (χ0v) is 11.9. The third kappa shape index (κ3) is 8.34. The first-order chi connectivity index (χ1) is 7.79. The summed E-state index contributed by atoms with van der Waals surface area (Å²) >= 11 is 0. The highest BCUT2D eigenvalue weighted by molar-refractivity contribution is 5.50. The Morgan fingerprint density at radius 1 is 0.938 bits per heavy atom. The number of benzene rings is 1. The molecule has 0 radical (unpaired) electrons. The normalized spacial score (nSPS) is 8.12. The van der Waals surface area contributed by atoms with Crippen LogP contribution in [0.15, 0.2) is 24.3 Å². The van der Waals surface area contributed by atoms with Gasteiger partial charge in [0.1, 0.15) is 0 Å². The maximum Gasteiger partial charge on any atom is 0.0372 e. The Bertz CT molecular complexity index is 231. The fraction of sp³-hybridized carbons (Fsp3) is 0.600. The minimum atomic E-state index is 0.997. The summed E-state index contributed by atoms with van der Waals surface area (Å²) in [5.41, 5.74) is 2.67. The molecule has 1 nitrogen and oxygen atoms in total. The van der Waals surface area contributed by atoms with Crippen LogP contribution in [0, 0.1) is 0 Å². The van der Waals surface area contributed by atoms with Crippen LogP contribution in [0.2, 0.25) is 0 Å². The number of hydrogen-bond donors (Lipinski definition) is 1. The molecule has 1 aromatic rings. The summed E-state index contributed by atoms with van der Waals surface area (Å²) in [6.45, 7) is 13.5. The molecule has 1 aromatic carbocycles. The lowest BCUT2D eigenvalue weighted by atomic mass is 10.1. The summed E-state index contributed by atoms with van der Waals surface area (Å²) in [4.78, 5) is 0. The van der Waals surface area contributed by atoms with E-state index in [-0.39, 0.29) is 0 Å². The fourth-order valence-corrected chi connectivity index (χ4v) is 1.19. The Kier molecular flexibility index (Phi) is 15.3. The highest BCUT2D eigenvalue weighted by atomic mass is 14.9. The largest absolute Gasteiger partial charge is 0.385 e. The molecule has 1 rings (SSSR count). The number of nitrogens with one attached hydrogen (secondary N) is 1. The van der Waals surface area contributed by atoms with Gasteiger partial charge >= 0.3 is 0 Å². The highest BCUT2D eigenvalue weighted by Crippen LogP contribution is 2.14. The minimum Gasteiger partial charge on any atom is -0.385 e. The van der Waals surface area contributed by atoms with Gasteiger partial charge in [0.15, 0.2) is 0 Å². The molecule has 0 aliphatic rings. The average Bonchev–Trinajstić information content (AvgIpc) is 2.34. The third-order valence-corrected chi connectivity index (χ3v) is 1.77. The van der Waals surface area contributed by atoms with Crippen LogP contribution in [-0.4, -0.2) is 6.54 Å². The minimum absolute atomic E-state index is 0.997. The number of anilines is 1. The van der Waals surface area contributed by atoms with Crippen molar-refractivity contribution in [2.45, 2.75) is 54.4 Å². The molecule has 1 heteroatoms. The van der Waals surface area contributed by atoms with Gasteiger partial charge < -0.3 is 5.32 Å². The van der Waals surface area contributed by atoms with Crippen molar-refractivity contribution in [1.82, 2.24) is 0 Å². The van der Waals surface area contributed by atoms with Gasteiger partial charge in [-0.25, -0.2) is 0 Å². The summed E-state index contributed by atoms with van der Waals surface area (Å²) in [6.07, 6.45) is 2.35. The Morgan fingerprint density at radius 2 is 1.44 bits per heavy atom. The van der Waals surface area contributed by atoms with Gasteiger partial charge in [-0.05, 0) is 25.0 Å². The summed E-state index contributed by atoms with van der Waals surface area (Å²) in [5.74, 6) is 0. The molecule has 0 bridgehead atoms. The van der Waals surface area contributed by atoms with Crippen LogP contribution in [0.3, 0.4) is 0 Å². The van der Waals surface area contributed by atoms with E-state index in [4.69, 9.17) is 0 Å².